The van der Waals surface area contributed by atoms with E-state index in [9.17, 15) is 24.6 Å². The van der Waals surface area contributed by atoms with Crippen LogP contribution in [0.1, 0.15) is 18.4 Å². The third-order valence-electron chi connectivity index (χ3n) is 4.16. The summed E-state index contributed by atoms with van der Waals surface area (Å²) in [7, 11) is 0. The number of nitrogens with one attached hydrogen (secondary N) is 2. The van der Waals surface area contributed by atoms with Crippen molar-refractivity contribution in [3.63, 3.8) is 0 Å². The molecule has 1 fully saturated rings. The van der Waals surface area contributed by atoms with Crippen LogP contribution in [0.3, 0.4) is 0 Å². The molecule has 1 saturated heterocycles. The summed E-state index contributed by atoms with van der Waals surface area (Å²) in [6.45, 7) is 2.32. The van der Waals surface area contributed by atoms with Crippen molar-refractivity contribution >= 4 is 30.1 Å². The van der Waals surface area contributed by atoms with Gasteiger partial charge in [0, 0.05) is 38.7 Å². The highest BCUT2D eigenvalue weighted by molar-refractivity contribution is 5.91. The number of halogens is 1. The lowest BCUT2D eigenvalue weighted by molar-refractivity contribution is -0.138. The molecule has 1 aliphatic rings. The Labute approximate surface area is 163 Å². The average Bonchev–Trinajstić information content (AvgIpc) is 2.60. The monoisotopic (exact) mass is 400 g/mol. The van der Waals surface area contributed by atoms with Gasteiger partial charge in [0.25, 0.3) is 0 Å². The number of aromatic hydroxyl groups is 2. The number of amides is 3. The van der Waals surface area contributed by atoms with Gasteiger partial charge in [-0.3, -0.25) is 14.4 Å². The summed E-state index contributed by atoms with van der Waals surface area (Å²) in [5, 5.41) is 24.7. The molecule has 0 saturated carbocycles. The molecule has 0 unspecified atom stereocenters. The minimum atomic E-state index is -0.994. The van der Waals surface area contributed by atoms with E-state index in [1.54, 1.807) is 4.90 Å². The number of nitrogens with two attached hydrogens (primary N) is 1. The maximum Gasteiger partial charge on any atom is 0.245 e. The topological polar surface area (TPSA) is 145 Å². The first-order valence-corrected chi connectivity index (χ1v) is 8.45. The second-order valence-corrected chi connectivity index (χ2v) is 6.18. The molecule has 1 aromatic rings. The van der Waals surface area contributed by atoms with Crippen molar-refractivity contribution in [2.75, 3.05) is 26.2 Å². The Kier molecular flexibility index (Phi) is 8.83. The van der Waals surface area contributed by atoms with Crippen LogP contribution in [0.5, 0.6) is 11.5 Å². The molecule has 0 spiro atoms. The minimum absolute atomic E-state index is 0. The summed E-state index contributed by atoms with van der Waals surface area (Å²) in [6.07, 6.45) is -0.0234. The SMILES string of the molecule is Cl.NC(=O)C[C@H](NC(=O)CCc1ccc(O)cc1O)C(=O)N1CCNCC1. The van der Waals surface area contributed by atoms with Gasteiger partial charge in [0.1, 0.15) is 17.5 Å². The molecule has 27 heavy (non-hydrogen) atoms. The number of nitrogens with zero attached hydrogens (tertiary/aromatic N) is 1. The van der Waals surface area contributed by atoms with E-state index in [1.807, 2.05) is 0 Å². The quantitative estimate of drug-likeness (QED) is 0.407. The molecule has 1 aliphatic heterocycles. The van der Waals surface area contributed by atoms with Crippen molar-refractivity contribution in [2.45, 2.75) is 25.3 Å². The molecule has 0 aromatic heterocycles. The summed E-state index contributed by atoms with van der Waals surface area (Å²) in [4.78, 5) is 37.6. The lowest BCUT2D eigenvalue weighted by Crippen LogP contribution is -2.55. The molecule has 1 atom stereocenters. The number of phenols is 2. The van der Waals surface area contributed by atoms with Crippen molar-refractivity contribution in [2.24, 2.45) is 5.73 Å². The number of rotatable bonds is 7. The fraction of sp³-hybridized carbons (Fsp3) is 0.471. The Hall–Kier alpha value is -2.52. The van der Waals surface area contributed by atoms with E-state index >= 15 is 0 Å². The van der Waals surface area contributed by atoms with Gasteiger partial charge in [-0.25, -0.2) is 0 Å². The standard InChI is InChI=1S/C17H24N4O5.ClH/c18-15(24)10-13(17(26)21-7-5-19-6-8-21)20-16(25)4-2-11-1-3-12(22)9-14(11)23;/h1,3,9,13,19,22-23H,2,4-8,10H2,(H2,18,24)(H,20,25);1H/t13-;/m0./s1. The molecular formula is C17H25ClN4O5. The number of benzene rings is 1. The molecule has 150 valence electrons. The van der Waals surface area contributed by atoms with Crippen LogP contribution in [-0.4, -0.2) is 65.1 Å². The average molecular weight is 401 g/mol. The van der Waals surface area contributed by atoms with Gasteiger partial charge in [-0.2, -0.15) is 0 Å². The van der Waals surface area contributed by atoms with Gasteiger partial charge >= 0.3 is 0 Å². The zero-order valence-corrected chi connectivity index (χ0v) is 15.6. The number of aryl methyl sites for hydroxylation is 1. The molecule has 3 amide bonds. The molecule has 2 rings (SSSR count). The first-order chi connectivity index (χ1) is 12.4. The Morgan fingerprint density at radius 1 is 1.22 bits per heavy atom. The highest BCUT2D eigenvalue weighted by Gasteiger charge is 2.28. The number of carbonyl (C=O) groups is 3. The van der Waals surface area contributed by atoms with Crippen LogP contribution in [0.2, 0.25) is 0 Å². The number of phenolic OH excluding ortho intramolecular Hbond substituents is 2. The van der Waals surface area contributed by atoms with E-state index < -0.39 is 17.9 Å². The fourth-order valence-electron chi connectivity index (χ4n) is 2.79. The lowest BCUT2D eigenvalue weighted by atomic mass is 10.1. The lowest BCUT2D eigenvalue weighted by Gasteiger charge is -2.30. The van der Waals surface area contributed by atoms with Crippen LogP contribution in [0.25, 0.3) is 0 Å². The summed E-state index contributed by atoms with van der Waals surface area (Å²) in [6, 6.07) is 3.13. The second-order valence-electron chi connectivity index (χ2n) is 6.18. The van der Waals surface area contributed by atoms with E-state index in [-0.39, 0.29) is 49.1 Å². The number of carbonyl (C=O) groups excluding carboxylic acids is 3. The predicted molar refractivity (Wildman–Crippen MR) is 101 cm³/mol. The highest BCUT2D eigenvalue weighted by atomic mass is 35.5. The number of hydrogen-bond acceptors (Lipinski definition) is 6. The van der Waals surface area contributed by atoms with Crippen LogP contribution in [-0.2, 0) is 20.8 Å². The maximum atomic E-state index is 12.5. The minimum Gasteiger partial charge on any atom is -0.508 e. The van der Waals surface area contributed by atoms with E-state index in [2.05, 4.69) is 10.6 Å². The number of primary amides is 1. The molecule has 1 aromatic carbocycles. The zero-order chi connectivity index (χ0) is 19.1. The van der Waals surface area contributed by atoms with Gasteiger partial charge in [-0.05, 0) is 18.1 Å². The van der Waals surface area contributed by atoms with Gasteiger partial charge in [0.05, 0.1) is 6.42 Å². The summed E-state index contributed by atoms with van der Waals surface area (Å²) in [5.41, 5.74) is 5.70. The van der Waals surface area contributed by atoms with E-state index in [1.165, 1.54) is 18.2 Å². The van der Waals surface area contributed by atoms with Crippen molar-refractivity contribution in [3.8, 4) is 11.5 Å². The largest absolute Gasteiger partial charge is 0.508 e. The summed E-state index contributed by atoms with van der Waals surface area (Å²) >= 11 is 0. The van der Waals surface area contributed by atoms with Gasteiger partial charge in [-0.15, -0.1) is 12.4 Å². The Bertz CT molecular complexity index is 679. The van der Waals surface area contributed by atoms with Crippen LogP contribution < -0.4 is 16.4 Å². The van der Waals surface area contributed by atoms with Gasteiger partial charge in [0.2, 0.25) is 17.7 Å². The highest BCUT2D eigenvalue weighted by Crippen LogP contribution is 2.23. The first-order valence-electron chi connectivity index (χ1n) is 8.45. The van der Waals surface area contributed by atoms with Gasteiger partial charge < -0.3 is 31.5 Å². The molecule has 6 N–H and O–H groups in total. The molecular weight excluding hydrogens is 376 g/mol. The molecule has 0 bridgehead atoms. The molecule has 10 heteroatoms. The van der Waals surface area contributed by atoms with Crippen LogP contribution in [0.4, 0.5) is 0 Å². The third-order valence-corrected chi connectivity index (χ3v) is 4.16. The first kappa shape index (κ1) is 22.5. The molecule has 9 nitrogen and oxygen atoms in total. The molecule has 0 aliphatic carbocycles. The van der Waals surface area contributed by atoms with Crippen molar-refractivity contribution in [3.05, 3.63) is 23.8 Å². The maximum absolute atomic E-state index is 12.5. The van der Waals surface area contributed by atoms with Gasteiger partial charge in [-0.1, -0.05) is 6.07 Å². The Balaban J connectivity index is 0.00000364. The number of piperazine rings is 1. The predicted octanol–water partition coefficient (Wildman–Crippen LogP) is -0.756. The Morgan fingerprint density at radius 3 is 2.48 bits per heavy atom. The number of hydrogen-bond donors (Lipinski definition) is 5. The smallest absolute Gasteiger partial charge is 0.245 e. The third kappa shape index (κ3) is 6.95. The summed E-state index contributed by atoms with van der Waals surface area (Å²) in [5.74, 6) is -1.60. The zero-order valence-electron chi connectivity index (χ0n) is 14.8. The normalized spacial score (nSPS) is 14.7. The van der Waals surface area contributed by atoms with Crippen LogP contribution in [0.15, 0.2) is 18.2 Å². The fourth-order valence-corrected chi connectivity index (χ4v) is 2.79. The molecule has 0 radical (unpaired) electrons. The second kappa shape index (κ2) is 10.6. The Morgan fingerprint density at radius 2 is 1.89 bits per heavy atom. The summed E-state index contributed by atoms with van der Waals surface area (Å²) < 4.78 is 0. The van der Waals surface area contributed by atoms with Crippen molar-refractivity contribution in [1.29, 1.82) is 0 Å². The van der Waals surface area contributed by atoms with Crippen molar-refractivity contribution in [1.82, 2.24) is 15.5 Å². The molecule has 1 heterocycles. The van der Waals surface area contributed by atoms with Crippen molar-refractivity contribution < 1.29 is 24.6 Å². The van der Waals surface area contributed by atoms with E-state index in [4.69, 9.17) is 5.73 Å². The van der Waals surface area contributed by atoms with Crippen LogP contribution in [0, 0.1) is 0 Å². The van der Waals surface area contributed by atoms with E-state index in [0.717, 1.165) is 0 Å². The van der Waals surface area contributed by atoms with Crippen LogP contribution >= 0.6 is 12.4 Å². The van der Waals surface area contributed by atoms with Gasteiger partial charge in [0.15, 0.2) is 0 Å². The van der Waals surface area contributed by atoms with E-state index in [0.29, 0.717) is 31.7 Å².